The standard InChI is InChI=1S/C13H20N2O/c1-10(2)14-12-7-5-6-8-13(12)15(9-16)11(3)4/h5-11,14H,1-4H3. The molecule has 0 heterocycles. The lowest BCUT2D eigenvalue weighted by Gasteiger charge is -2.25. The molecular weight excluding hydrogens is 200 g/mol. The van der Waals surface area contributed by atoms with Crippen LogP contribution in [0.5, 0.6) is 0 Å². The summed E-state index contributed by atoms with van der Waals surface area (Å²) in [6.45, 7) is 8.16. The minimum Gasteiger partial charge on any atom is -0.381 e. The van der Waals surface area contributed by atoms with E-state index in [4.69, 9.17) is 0 Å². The Morgan fingerprint density at radius 3 is 2.31 bits per heavy atom. The molecule has 0 unspecified atom stereocenters. The fourth-order valence-corrected chi connectivity index (χ4v) is 1.59. The number of hydrogen-bond acceptors (Lipinski definition) is 2. The molecule has 1 amide bonds. The number of rotatable bonds is 5. The van der Waals surface area contributed by atoms with Crippen LogP contribution in [0.3, 0.4) is 0 Å². The molecule has 0 saturated heterocycles. The lowest BCUT2D eigenvalue weighted by molar-refractivity contribution is -0.107. The van der Waals surface area contributed by atoms with Crippen LogP contribution in [0.15, 0.2) is 24.3 Å². The Hall–Kier alpha value is -1.51. The average Bonchev–Trinajstić information content (AvgIpc) is 2.20. The summed E-state index contributed by atoms with van der Waals surface area (Å²) < 4.78 is 0. The molecule has 0 spiro atoms. The van der Waals surface area contributed by atoms with Gasteiger partial charge in [0.2, 0.25) is 6.41 Å². The van der Waals surface area contributed by atoms with Crippen molar-refractivity contribution < 1.29 is 4.79 Å². The molecule has 1 aromatic carbocycles. The van der Waals surface area contributed by atoms with Crippen molar-refractivity contribution in [1.82, 2.24) is 0 Å². The molecule has 1 N–H and O–H groups in total. The fourth-order valence-electron chi connectivity index (χ4n) is 1.59. The van der Waals surface area contributed by atoms with Crippen LogP contribution in [0.25, 0.3) is 0 Å². The second-order valence-corrected chi connectivity index (χ2v) is 4.42. The monoisotopic (exact) mass is 220 g/mol. The smallest absolute Gasteiger partial charge is 0.214 e. The van der Waals surface area contributed by atoms with E-state index in [2.05, 4.69) is 19.2 Å². The molecule has 3 heteroatoms. The molecule has 0 fully saturated rings. The van der Waals surface area contributed by atoms with Gasteiger partial charge >= 0.3 is 0 Å². The molecule has 0 aliphatic rings. The molecule has 88 valence electrons. The molecule has 0 radical (unpaired) electrons. The van der Waals surface area contributed by atoms with Crippen molar-refractivity contribution in [3.63, 3.8) is 0 Å². The molecule has 0 aromatic heterocycles. The Bertz CT molecular complexity index is 348. The molecule has 0 bridgehead atoms. The Labute approximate surface area is 97.5 Å². The number of benzene rings is 1. The van der Waals surface area contributed by atoms with Crippen LogP contribution in [0.1, 0.15) is 27.7 Å². The summed E-state index contributed by atoms with van der Waals surface area (Å²) in [5.74, 6) is 0. The van der Waals surface area contributed by atoms with Gasteiger partial charge in [-0.2, -0.15) is 0 Å². The highest BCUT2D eigenvalue weighted by Crippen LogP contribution is 2.26. The first-order valence-corrected chi connectivity index (χ1v) is 5.65. The van der Waals surface area contributed by atoms with Crippen LogP contribution in [0.4, 0.5) is 11.4 Å². The van der Waals surface area contributed by atoms with Gasteiger partial charge in [-0.3, -0.25) is 4.79 Å². The molecule has 3 nitrogen and oxygen atoms in total. The number of amides is 1. The summed E-state index contributed by atoms with van der Waals surface area (Å²) in [4.78, 5) is 12.8. The lowest BCUT2D eigenvalue weighted by Crippen LogP contribution is -2.30. The maximum Gasteiger partial charge on any atom is 0.214 e. The van der Waals surface area contributed by atoms with E-state index in [1.165, 1.54) is 0 Å². The van der Waals surface area contributed by atoms with E-state index >= 15 is 0 Å². The fraction of sp³-hybridized carbons (Fsp3) is 0.462. The van der Waals surface area contributed by atoms with Crippen molar-refractivity contribution in [2.75, 3.05) is 10.2 Å². The number of nitrogens with zero attached hydrogens (tertiary/aromatic N) is 1. The van der Waals surface area contributed by atoms with E-state index in [0.29, 0.717) is 6.04 Å². The van der Waals surface area contributed by atoms with E-state index in [-0.39, 0.29) is 6.04 Å². The van der Waals surface area contributed by atoms with Gasteiger partial charge in [0, 0.05) is 12.1 Å². The largest absolute Gasteiger partial charge is 0.381 e. The molecule has 1 aromatic rings. The molecule has 16 heavy (non-hydrogen) atoms. The molecule has 0 aliphatic heterocycles. The number of hydrogen-bond donors (Lipinski definition) is 1. The van der Waals surface area contributed by atoms with Gasteiger partial charge in [0.15, 0.2) is 0 Å². The van der Waals surface area contributed by atoms with Gasteiger partial charge in [0.05, 0.1) is 11.4 Å². The molecule has 1 rings (SSSR count). The third kappa shape index (κ3) is 2.99. The van der Waals surface area contributed by atoms with E-state index < -0.39 is 0 Å². The van der Waals surface area contributed by atoms with Crippen LogP contribution < -0.4 is 10.2 Å². The number of anilines is 2. The van der Waals surface area contributed by atoms with Crippen LogP contribution >= 0.6 is 0 Å². The van der Waals surface area contributed by atoms with Crippen molar-refractivity contribution in [1.29, 1.82) is 0 Å². The van der Waals surface area contributed by atoms with Gasteiger partial charge in [-0.15, -0.1) is 0 Å². The van der Waals surface area contributed by atoms with Crippen molar-refractivity contribution in [2.45, 2.75) is 39.8 Å². The SMILES string of the molecule is CC(C)Nc1ccccc1N(C=O)C(C)C. The van der Waals surface area contributed by atoms with Gasteiger partial charge in [-0.25, -0.2) is 0 Å². The van der Waals surface area contributed by atoms with Crippen molar-refractivity contribution in [3.8, 4) is 0 Å². The molecule has 0 atom stereocenters. The second kappa shape index (κ2) is 5.54. The minimum absolute atomic E-state index is 0.160. The van der Waals surface area contributed by atoms with E-state index in [1.807, 2.05) is 38.1 Å². The van der Waals surface area contributed by atoms with Gasteiger partial charge in [0.1, 0.15) is 0 Å². The number of carbonyl (C=O) groups excluding carboxylic acids is 1. The van der Waals surface area contributed by atoms with Crippen molar-refractivity contribution in [3.05, 3.63) is 24.3 Å². The summed E-state index contributed by atoms with van der Waals surface area (Å²) in [6.07, 6.45) is 0.880. The summed E-state index contributed by atoms with van der Waals surface area (Å²) >= 11 is 0. The Morgan fingerprint density at radius 1 is 1.19 bits per heavy atom. The van der Waals surface area contributed by atoms with Crippen LogP contribution in [-0.2, 0) is 4.79 Å². The quantitative estimate of drug-likeness (QED) is 0.774. The zero-order valence-corrected chi connectivity index (χ0v) is 10.4. The summed E-state index contributed by atoms with van der Waals surface area (Å²) in [7, 11) is 0. The maximum absolute atomic E-state index is 11.1. The number of nitrogens with one attached hydrogen (secondary N) is 1. The Morgan fingerprint density at radius 2 is 1.81 bits per heavy atom. The van der Waals surface area contributed by atoms with E-state index in [0.717, 1.165) is 17.8 Å². The third-order valence-electron chi connectivity index (χ3n) is 2.30. The topological polar surface area (TPSA) is 32.3 Å². The lowest BCUT2D eigenvalue weighted by atomic mass is 10.2. The summed E-state index contributed by atoms with van der Waals surface area (Å²) in [6, 6.07) is 8.37. The summed E-state index contributed by atoms with van der Waals surface area (Å²) in [5, 5.41) is 3.34. The first-order valence-electron chi connectivity index (χ1n) is 5.65. The second-order valence-electron chi connectivity index (χ2n) is 4.42. The zero-order chi connectivity index (χ0) is 12.1. The number of para-hydroxylation sites is 2. The van der Waals surface area contributed by atoms with Gasteiger partial charge in [-0.1, -0.05) is 12.1 Å². The van der Waals surface area contributed by atoms with Crippen LogP contribution in [0.2, 0.25) is 0 Å². The Kier molecular flexibility index (Phi) is 4.35. The Balaban J connectivity index is 3.05. The summed E-state index contributed by atoms with van der Waals surface area (Å²) in [5.41, 5.74) is 1.93. The minimum atomic E-state index is 0.160. The van der Waals surface area contributed by atoms with E-state index in [1.54, 1.807) is 4.90 Å². The molecule has 0 aliphatic carbocycles. The number of carbonyl (C=O) groups is 1. The van der Waals surface area contributed by atoms with Gasteiger partial charge in [-0.05, 0) is 39.8 Å². The third-order valence-corrected chi connectivity index (χ3v) is 2.30. The van der Waals surface area contributed by atoms with Crippen molar-refractivity contribution in [2.24, 2.45) is 0 Å². The van der Waals surface area contributed by atoms with Crippen LogP contribution in [0, 0.1) is 0 Å². The highest BCUT2D eigenvalue weighted by Gasteiger charge is 2.13. The molecular formula is C13H20N2O. The molecule has 0 saturated carbocycles. The predicted octanol–water partition coefficient (Wildman–Crippen LogP) is 2.88. The van der Waals surface area contributed by atoms with Crippen LogP contribution in [-0.4, -0.2) is 18.5 Å². The highest BCUT2D eigenvalue weighted by molar-refractivity contribution is 5.84. The van der Waals surface area contributed by atoms with Gasteiger partial charge in [0.25, 0.3) is 0 Å². The predicted molar refractivity (Wildman–Crippen MR) is 68.9 cm³/mol. The van der Waals surface area contributed by atoms with E-state index in [9.17, 15) is 4.79 Å². The first kappa shape index (κ1) is 12.6. The average molecular weight is 220 g/mol. The van der Waals surface area contributed by atoms with Gasteiger partial charge < -0.3 is 10.2 Å². The first-order chi connectivity index (χ1) is 7.56. The normalized spacial score (nSPS) is 10.6. The zero-order valence-electron chi connectivity index (χ0n) is 10.4. The maximum atomic E-state index is 11.1. The van der Waals surface area contributed by atoms with Crippen molar-refractivity contribution >= 4 is 17.8 Å². The highest BCUT2D eigenvalue weighted by atomic mass is 16.1.